The van der Waals surface area contributed by atoms with Crippen LogP contribution in [-0.4, -0.2) is 35.0 Å². The molecule has 1 atom stereocenters. The minimum atomic E-state index is 0.0236. The van der Waals surface area contributed by atoms with Gasteiger partial charge in [-0.1, -0.05) is 0 Å². The fourth-order valence-corrected chi connectivity index (χ4v) is 2.39. The van der Waals surface area contributed by atoms with Gasteiger partial charge in [-0.05, 0) is 43.5 Å². The van der Waals surface area contributed by atoms with Crippen LogP contribution >= 0.6 is 0 Å². The predicted molar refractivity (Wildman–Crippen MR) is 66.0 cm³/mol. The van der Waals surface area contributed by atoms with Crippen LogP contribution in [0.5, 0.6) is 5.75 Å². The van der Waals surface area contributed by atoms with Gasteiger partial charge in [-0.2, -0.15) is 0 Å². The van der Waals surface area contributed by atoms with Crippen molar-refractivity contribution in [2.75, 3.05) is 13.1 Å². The molecule has 92 valence electrons. The van der Waals surface area contributed by atoms with Crippen LogP contribution < -0.4 is 5.73 Å². The van der Waals surface area contributed by atoms with Crippen LogP contribution in [0, 0.1) is 6.92 Å². The van der Waals surface area contributed by atoms with Crippen molar-refractivity contribution in [2.45, 2.75) is 25.8 Å². The lowest BCUT2D eigenvalue weighted by molar-refractivity contribution is 0.0740. The molecule has 3 N–H and O–H groups in total. The lowest BCUT2D eigenvalue weighted by Crippen LogP contribution is -2.40. The zero-order valence-corrected chi connectivity index (χ0v) is 10.0. The molecule has 0 aromatic heterocycles. The van der Waals surface area contributed by atoms with Gasteiger partial charge in [-0.3, -0.25) is 4.79 Å². The molecule has 1 aliphatic rings. The molecule has 1 heterocycles. The van der Waals surface area contributed by atoms with E-state index in [1.807, 2.05) is 11.8 Å². The molecule has 0 spiro atoms. The van der Waals surface area contributed by atoms with Gasteiger partial charge in [0, 0.05) is 24.7 Å². The predicted octanol–water partition coefficient (Wildman–Crippen LogP) is 1.26. The monoisotopic (exact) mass is 234 g/mol. The lowest BCUT2D eigenvalue weighted by atomic mass is 10.1. The molecule has 4 heteroatoms. The first-order valence-corrected chi connectivity index (χ1v) is 5.94. The first-order valence-electron chi connectivity index (χ1n) is 5.94. The summed E-state index contributed by atoms with van der Waals surface area (Å²) in [4.78, 5) is 14.2. The highest BCUT2D eigenvalue weighted by atomic mass is 16.3. The Labute approximate surface area is 101 Å². The fraction of sp³-hybridized carbons (Fsp3) is 0.462. The minimum Gasteiger partial charge on any atom is -0.508 e. The molecule has 1 amide bonds. The summed E-state index contributed by atoms with van der Waals surface area (Å²) in [6.07, 6.45) is 2.00. The number of carbonyl (C=O) groups is 1. The maximum Gasteiger partial charge on any atom is 0.254 e. The Balaban J connectivity index is 2.24. The number of hydrogen-bond donors (Lipinski definition) is 2. The number of aromatic hydroxyl groups is 1. The first kappa shape index (κ1) is 11.9. The average Bonchev–Trinajstić information content (AvgIpc) is 2.76. The van der Waals surface area contributed by atoms with Gasteiger partial charge >= 0.3 is 0 Å². The second-order valence-electron chi connectivity index (χ2n) is 4.53. The summed E-state index contributed by atoms with van der Waals surface area (Å²) >= 11 is 0. The van der Waals surface area contributed by atoms with E-state index in [4.69, 9.17) is 5.73 Å². The second kappa shape index (κ2) is 4.75. The molecule has 1 aromatic carbocycles. The quantitative estimate of drug-likeness (QED) is 0.809. The van der Waals surface area contributed by atoms with Gasteiger partial charge in [-0.25, -0.2) is 0 Å². The number of amides is 1. The van der Waals surface area contributed by atoms with Crippen molar-refractivity contribution >= 4 is 5.91 Å². The number of nitrogens with two attached hydrogens (primary N) is 1. The molecule has 0 saturated carbocycles. The average molecular weight is 234 g/mol. The van der Waals surface area contributed by atoms with Gasteiger partial charge < -0.3 is 15.7 Å². The standard InChI is InChI=1S/C13H18N2O2/c1-9-7-11(16)4-5-12(9)13(17)15-6-2-3-10(15)8-14/h4-5,7,10,16H,2-3,6,8,14H2,1H3. The Morgan fingerprint density at radius 1 is 1.59 bits per heavy atom. The molecule has 0 radical (unpaired) electrons. The van der Waals surface area contributed by atoms with Crippen LogP contribution in [0.15, 0.2) is 18.2 Å². The summed E-state index contributed by atoms with van der Waals surface area (Å²) in [6.45, 7) is 3.13. The summed E-state index contributed by atoms with van der Waals surface area (Å²) in [5.74, 6) is 0.214. The number of carbonyl (C=O) groups excluding carboxylic acids is 1. The summed E-state index contributed by atoms with van der Waals surface area (Å²) in [7, 11) is 0. The molecule has 1 fully saturated rings. The van der Waals surface area contributed by atoms with E-state index in [-0.39, 0.29) is 17.7 Å². The second-order valence-corrected chi connectivity index (χ2v) is 4.53. The van der Waals surface area contributed by atoms with E-state index in [1.54, 1.807) is 18.2 Å². The maximum atomic E-state index is 12.3. The van der Waals surface area contributed by atoms with Gasteiger partial charge in [0.2, 0.25) is 0 Å². The largest absolute Gasteiger partial charge is 0.508 e. The van der Waals surface area contributed by atoms with Crippen LogP contribution in [-0.2, 0) is 0 Å². The summed E-state index contributed by atoms with van der Waals surface area (Å²) < 4.78 is 0. The summed E-state index contributed by atoms with van der Waals surface area (Å²) in [6, 6.07) is 5.00. The van der Waals surface area contributed by atoms with Gasteiger partial charge in [0.05, 0.1) is 0 Å². The van der Waals surface area contributed by atoms with Crippen molar-refractivity contribution < 1.29 is 9.90 Å². The molecule has 1 aromatic rings. The van der Waals surface area contributed by atoms with E-state index < -0.39 is 0 Å². The number of benzene rings is 1. The Kier molecular flexibility index (Phi) is 3.33. The smallest absolute Gasteiger partial charge is 0.254 e. The van der Waals surface area contributed by atoms with Crippen molar-refractivity contribution in [3.8, 4) is 5.75 Å². The van der Waals surface area contributed by atoms with E-state index in [0.717, 1.165) is 24.9 Å². The Morgan fingerprint density at radius 3 is 3.00 bits per heavy atom. The molecule has 4 nitrogen and oxygen atoms in total. The molecule has 1 saturated heterocycles. The number of phenols is 1. The normalized spacial score (nSPS) is 19.6. The Hall–Kier alpha value is -1.55. The van der Waals surface area contributed by atoms with Gasteiger partial charge in [0.1, 0.15) is 5.75 Å². The van der Waals surface area contributed by atoms with E-state index in [9.17, 15) is 9.90 Å². The lowest BCUT2D eigenvalue weighted by Gasteiger charge is -2.24. The van der Waals surface area contributed by atoms with Crippen molar-refractivity contribution in [1.82, 2.24) is 4.90 Å². The first-order chi connectivity index (χ1) is 8.13. The van der Waals surface area contributed by atoms with E-state index in [1.165, 1.54) is 0 Å². The molecular weight excluding hydrogens is 216 g/mol. The number of likely N-dealkylation sites (tertiary alicyclic amines) is 1. The fourth-order valence-electron chi connectivity index (χ4n) is 2.39. The molecule has 1 unspecified atom stereocenters. The SMILES string of the molecule is Cc1cc(O)ccc1C(=O)N1CCCC1CN. The van der Waals surface area contributed by atoms with Gasteiger partial charge in [-0.15, -0.1) is 0 Å². The number of nitrogens with zero attached hydrogens (tertiary/aromatic N) is 1. The van der Waals surface area contributed by atoms with Crippen LogP contribution in [0.1, 0.15) is 28.8 Å². The molecular formula is C13H18N2O2. The number of rotatable bonds is 2. The van der Waals surface area contributed by atoms with Crippen molar-refractivity contribution in [3.63, 3.8) is 0 Å². The third-order valence-corrected chi connectivity index (χ3v) is 3.35. The molecule has 1 aliphatic heterocycles. The van der Waals surface area contributed by atoms with E-state index >= 15 is 0 Å². The third kappa shape index (κ3) is 2.26. The minimum absolute atomic E-state index is 0.0236. The zero-order chi connectivity index (χ0) is 12.4. The summed E-state index contributed by atoms with van der Waals surface area (Å²) in [5, 5.41) is 9.34. The molecule has 0 aliphatic carbocycles. The highest BCUT2D eigenvalue weighted by molar-refractivity contribution is 5.96. The highest BCUT2D eigenvalue weighted by Gasteiger charge is 2.28. The van der Waals surface area contributed by atoms with Gasteiger partial charge in [0.15, 0.2) is 0 Å². The number of phenolic OH excluding ortho intramolecular Hbond substituents is 1. The van der Waals surface area contributed by atoms with Gasteiger partial charge in [0.25, 0.3) is 5.91 Å². The van der Waals surface area contributed by atoms with E-state index in [0.29, 0.717) is 12.1 Å². The topological polar surface area (TPSA) is 66.6 Å². The molecule has 0 bridgehead atoms. The summed E-state index contributed by atoms with van der Waals surface area (Å²) in [5.41, 5.74) is 7.13. The Bertz CT molecular complexity index is 431. The molecule has 17 heavy (non-hydrogen) atoms. The highest BCUT2D eigenvalue weighted by Crippen LogP contribution is 2.22. The Morgan fingerprint density at radius 2 is 2.35 bits per heavy atom. The van der Waals surface area contributed by atoms with Crippen LogP contribution in [0.25, 0.3) is 0 Å². The molecule has 2 rings (SSSR count). The number of hydrogen-bond acceptors (Lipinski definition) is 3. The number of aryl methyl sites for hydroxylation is 1. The maximum absolute atomic E-state index is 12.3. The van der Waals surface area contributed by atoms with Crippen LogP contribution in [0.3, 0.4) is 0 Å². The van der Waals surface area contributed by atoms with Crippen LogP contribution in [0.4, 0.5) is 0 Å². The van der Waals surface area contributed by atoms with Crippen molar-refractivity contribution in [2.24, 2.45) is 5.73 Å². The van der Waals surface area contributed by atoms with E-state index in [2.05, 4.69) is 0 Å². The third-order valence-electron chi connectivity index (χ3n) is 3.35. The van der Waals surface area contributed by atoms with Crippen molar-refractivity contribution in [1.29, 1.82) is 0 Å². The van der Waals surface area contributed by atoms with Crippen LogP contribution in [0.2, 0.25) is 0 Å². The zero-order valence-electron chi connectivity index (χ0n) is 10.0. The van der Waals surface area contributed by atoms with Crippen molar-refractivity contribution in [3.05, 3.63) is 29.3 Å².